The van der Waals surface area contributed by atoms with Crippen molar-refractivity contribution in [3.63, 3.8) is 0 Å². The first-order chi connectivity index (χ1) is 13.1. The van der Waals surface area contributed by atoms with Crippen LogP contribution in [0.4, 0.5) is 4.79 Å². The quantitative estimate of drug-likeness (QED) is 0.558. The highest BCUT2D eigenvalue weighted by molar-refractivity contribution is 7.99. The lowest BCUT2D eigenvalue weighted by atomic mass is 9.95. The molecule has 2 heterocycles. The van der Waals surface area contributed by atoms with Gasteiger partial charge < -0.3 is 15.4 Å². The number of nitrogens with one attached hydrogen (secondary N) is 2. The minimum Gasteiger partial charge on any atom is -0.463 e. The zero-order chi connectivity index (χ0) is 19.2. The first kappa shape index (κ1) is 20.1. The summed E-state index contributed by atoms with van der Waals surface area (Å²) >= 11 is 3.58. The van der Waals surface area contributed by atoms with Gasteiger partial charge in [-0.05, 0) is 30.9 Å². The Hall–Kier alpha value is -1.64. The van der Waals surface area contributed by atoms with Crippen LogP contribution >= 0.6 is 23.5 Å². The molecule has 1 saturated heterocycles. The van der Waals surface area contributed by atoms with E-state index in [1.54, 1.807) is 18.7 Å². The van der Waals surface area contributed by atoms with Crippen LogP contribution in [0.2, 0.25) is 0 Å². The minimum atomic E-state index is -0.511. The molecule has 2 amide bonds. The number of carbonyl (C=O) groups is 2. The van der Waals surface area contributed by atoms with Crippen molar-refractivity contribution >= 4 is 35.5 Å². The molecule has 1 aromatic carbocycles. The second-order valence-corrected chi connectivity index (χ2v) is 8.41. The van der Waals surface area contributed by atoms with E-state index in [0.29, 0.717) is 24.4 Å². The Balaban J connectivity index is 1.95. The monoisotopic (exact) mass is 407 g/mol. The molecular formula is C19H25N3O3S2. The van der Waals surface area contributed by atoms with E-state index >= 15 is 0 Å². The number of esters is 1. The topological polar surface area (TPSA) is 70.7 Å². The summed E-state index contributed by atoms with van der Waals surface area (Å²) in [6.07, 6.45) is 2.01. The van der Waals surface area contributed by atoms with E-state index in [0.717, 1.165) is 35.1 Å². The molecule has 0 radical (unpaired) electrons. The fraction of sp³-hybridized carbons (Fsp3) is 0.474. The molecule has 146 valence electrons. The number of ether oxygens (including phenoxy) is 1. The van der Waals surface area contributed by atoms with Gasteiger partial charge >= 0.3 is 12.0 Å². The third kappa shape index (κ3) is 5.00. The highest BCUT2D eigenvalue weighted by Crippen LogP contribution is 2.29. The highest BCUT2D eigenvalue weighted by atomic mass is 32.2. The average molecular weight is 408 g/mol. The number of benzene rings is 1. The highest BCUT2D eigenvalue weighted by Gasteiger charge is 2.34. The summed E-state index contributed by atoms with van der Waals surface area (Å²) in [5, 5.41) is 5.74. The van der Waals surface area contributed by atoms with Crippen LogP contribution in [0.3, 0.4) is 0 Å². The van der Waals surface area contributed by atoms with Crippen molar-refractivity contribution in [2.24, 2.45) is 0 Å². The van der Waals surface area contributed by atoms with Crippen molar-refractivity contribution in [3.05, 3.63) is 41.1 Å². The number of hydrogen-bond donors (Lipinski definition) is 2. The molecule has 0 aliphatic carbocycles. The summed E-state index contributed by atoms with van der Waals surface area (Å²) in [5.74, 6) is 1.74. The van der Waals surface area contributed by atoms with Gasteiger partial charge in [0.2, 0.25) is 0 Å². The molecule has 1 fully saturated rings. The normalized spacial score (nSPS) is 20.8. The lowest BCUT2D eigenvalue weighted by Crippen LogP contribution is -2.49. The van der Waals surface area contributed by atoms with Gasteiger partial charge in [0.05, 0.1) is 18.2 Å². The lowest BCUT2D eigenvalue weighted by Gasteiger charge is -2.33. The van der Waals surface area contributed by atoms with E-state index < -0.39 is 6.04 Å². The van der Waals surface area contributed by atoms with Crippen molar-refractivity contribution < 1.29 is 14.3 Å². The van der Waals surface area contributed by atoms with Gasteiger partial charge in [-0.1, -0.05) is 12.1 Å². The van der Waals surface area contributed by atoms with Crippen molar-refractivity contribution in [1.82, 2.24) is 15.5 Å². The molecule has 2 aliphatic heterocycles. The van der Waals surface area contributed by atoms with Crippen molar-refractivity contribution in [3.8, 4) is 0 Å². The summed E-state index contributed by atoms with van der Waals surface area (Å²) in [6, 6.07) is 7.11. The fourth-order valence-electron chi connectivity index (χ4n) is 3.22. The zero-order valence-corrected chi connectivity index (χ0v) is 17.3. The maximum absolute atomic E-state index is 12.8. The Bertz CT molecular complexity index is 715. The lowest BCUT2D eigenvalue weighted by molar-refractivity contribution is -0.139. The number of thioether (sulfide) groups is 2. The molecule has 3 rings (SSSR count). The summed E-state index contributed by atoms with van der Waals surface area (Å²) in [7, 11) is 0. The van der Waals surface area contributed by atoms with Crippen LogP contribution in [0, 0.1) is 0 Å². The van der Waals surface area contributed by atoms with Crippen molar-refractivity contribution in [2.45, 2.75) is 17.9 Å². The molecular weight excluding hydrogens is 382 g/mol. The largest absolute Gasteiger partial charge is 0.463 e. The van der Waals surface area contributed by atoms with E-state index in [4.69, 9.17) is 4.74 Å². The molecule has 8 heteroatoms. The van der Waals surface area contributed by atoms with Gasteiger partial charge in [-0.3, -0.25) is 4.90 Å². The number of nitrogens with zero attached hydrogens (tertiary/aromatic N) is 1. The Morgan fingerprint density at radius 2 is 2.00 bits per heavy atom. The molecule has 0 unspecified atom stereocenters. The third-order valence-electron chi connectivity index (χ3n) is 4.58. The first-order valence-corrected chi connectivity index (χ1v) is 11.4. The van der Waals surface area contributed by atoms with Crippen molar-refractivity contribution in [1.29, 1.82) is 0 Å². The standard InChI is InChI=1S/C19H25N3O3S2/c1-3-25-18(23)16-15(12-22-8-10-27-11-9-22)20-19(24)21-17(16)13-4-6-14(26-2)7-5-13/h4-7,17H,3,8-12H2,1-2H3,(H2,20,21,24)/t17-/m0/s1. The van der Waals surface area contributed by atoms with Crippen LogP contribution < -0.4 is 10.6 Å². The van der Waals surface area contributed by atoms with Crippen LogP contribution in [0.25, 0.3) is 0 Å². The zero-order valence-electron chi connectivity index (χ0n) is 15.6. The molecule has 0 spiro atoms. The molecule has 0 saturated carbocycles. The van der Waals surface area contributed by atoms with Gasteiger partial charge in [0.1, 0.15) is 0 Å². The smallest absolute Gasteiger partial charge is 0.338 e. The van der Waals surface area contributed by atoms with Gasteiger partial charge in [0, 0.05) is 41.7 Å². The molecule has 2 aliphatic rings. The second kappa shape index (κ2) is 9.52. The Morgan fingerprint density at radius 3 is 2.63 bits per heavy atom. The maximum atomic E-state index is 12.8. The van der Waals surface area contributed by atoms with Gasteiger partial charge in [0.25, 0.3) is 0 Å². The Labute approximate surface area is 168 Å². The number of rotatable bonds is 6. The van der Waals surface area contributed by atoms with Crippen LogP contribution in [0.15, 0.2) is 40.4 Å². The van der Waals surface area contributed by atoms with Gasteiger partial charge in [-0.25, -0.2) is 9.59 Å². The van der Waals surface area contributed by atoms with Gasteiger partial charge in [0.15, 0.2) is 0 Å². The van der Waals surface area contributed by atoms with Crippen LogP contribution in [0.1, 0.15) is 18.5 Å². The van der Waals surface area contributed by atoms with Gasteiger partial charge in [-0.2, -0.15) is 11.8 Å². The summed E-state index contributed by atoms with van der Waals surface area (Å²) in [5.41, 5.74) is 2.01. The average Bonchev–Trinajstić information content (AvgIpc) is 2.68. The molecule has 6 nitrogen and oxygen atoms in total. The maximum Gasteiger partial charge on any atom is 0.338 e. The van der Waals surface area contributed by atoms with E-state index in [-0.39, 0.29) is 12.0 Å². The first-order valence-electron chi connectivity index (χ1n) is 9.04. The summed E-state index contributed by atoms with van der Waals surface area (Å²) in [4.78, 5) is 28.5. The molecule has 0 aromatic heterocycles. The van der Waals surface area contributed by atoms with E-state index in [1.807, 2.05) is 42.3 Å². The van der Waals surface area contributed by atoms with E-state index in [1.165, 1.54) is 0 Å². The van der Waals surface area contributed by atoms with Gasteiger partial charge in [-0.15, -0.1) is 11.8 Å². The van der Waals surface area contributed by atoms with Crippen LogP contribution in [-0.4, -0.2) is 60.9 Å². The SMILES string of the molecule is CCOC(=O)C1=C(CN2CCSCC2)NC(=O)N[C@H]1c1ccc(SC)cc1. The van der Waals surface area contributed by atoms with E-state index in [2.05, 4.69) is 15.5 Å². The molecule has 0 bridgehead atoms. The van der Waals surface area contributed by atoms with Crippen LogP contribution in [0.5, 0.6) is 0 Å². The van der Waals surface area contributed by atoms with E-state index in [9.17, 15) is 9.59 Å². The third-order valence-corrected chi connectivity index (χ3v) is 6.27. The Kier molecular flexibility index (Phi) is 7.09. The summed E-state index contributed by atoms with van der Waals surface area (Å²) in [6.45, 7) is 4.52. The molecule has 27 heavy (non-hydrogen) atoms. The number of urea groups is 1. The van der Waals surface area contributed by atoms with Crippen LogP contribution in [-0.2, 0) is 9.53 Å². The molecule has 1 aromatic rings. The molecule has 2 N–H and O–H groups in total. The number of carbonyl (C=O) groups excluding carboxylic acids is 2. The fourth-order valence-corrected chi connectivity index (χ4v) is 4.61. The molecule has 1 atom stereocenters. The minimum absolute atomic E-state index is 0.289. The summed E-state index contributed by atoms with van der Waals surface area (Å²) < 4.78 is 5.32. The van der Waals surface area contributed by atoms with Crippen molar-refractivity contribution in [2.75, 3.05) is 44.0 Å². The Morgan fingerprint density at radius 1 is 1.30 bits per heavy atom. The number of hydrogen-bond acceptors (Lipinski definition) is 6. The predicted octanol–water partition coefficient (Wildman–Crippen LogP) is 2.63. The predicted molar refractivity (Wildman–Crippen MR) is 110 cm³/mol. The second-order valence-electron chi connectivity index (χ2n) is 6.31. The number of amides is 2.